The van der Waals surface area contributed by atoms with E-state index >= 15 is 0 Å². The molecule has 3 rings (SSSR count). The zero-order valence-corrected chi connectivity index (χ0v) is 11.0. The molecule has 0 radical (unpaired) electrons. The third-order valence-corrected chi connectivity index (χ3v) is 4.03. The number of hydrogen-bond acceptors (Lipinski definition) is 2. The van der Waals surface area contributed by atoms with Crippen molar-refractivity contribution in [3.63, 3.8) is 0 Å². The Balaban J connectivity index is 2.04. The van der Waals surface area contributed by atoms with Crippen LogP contribution in [0.2, 0.25) is 0 Å². The van der Waals surface area contributed by atoms with Crippen LogP contribution in [0.3, 0.4) is 0 Å². The second-order valence-corrected chi connectivity index (χ2v) is 5.19. The summed E-state index contributed by atoms with van der Waals surface area (Å²) in [6.45, 7) is 3.66. The van der Waals surface area contributed by atoms with Gasteiger partial charge >= 0.3 is 0 Å². The molecular formula is C13H15FN2OS. The maximum absolute atomic E-state index is 13.7. The van der Waals surface area contributed by atoms with Crippen LogP contribution in [0.1, 0.15) is 13.3 Å². The predicted molar refractivity (Wildman–Crippen MR) is 70.6 cm³/mol. The van der Waals surface area contributed by atoms with Crippen molar-refractivity contribution in [2.24, 2.45) is 5.92 Å². The molecule has 18 heavy (non-hydrogen) atoms. The van der Waals surface area contributed by atoms with E-state index in [-0.39, 0.29) is 11.9 Å². The molecule has 96 valence electrons. The first-order chi connectivity index (χ1) is 8.66. The van der Waals surface area contributed by atoms with E-state index in [1.54, 1.807) is 6.07 Å². The zero-order valence-electron chi connectivity index (χ0n) is 10.1. The van der Waals surface area contributed by atoms with Crippen LogP contribution in [0.25, 0.3) is 11.0 Å². The van der Waals surface area contributed by atoms with Crippen molar-refractivity contribution in [1.29, 1.82) is 0 Å². The molecule has 2 atom stereocenters. The predicted octanol–water partition coefficient (Wildman–Crippen LogP) is 3.26. The molecule has 0 aliphatic carbocycles. The molecule has 2 aromatic rings. The number of para-hydroxylation sites is 1. The van der Waals surface area contributed by atoms with Crippen LogP contribution in [-0.2, 0) is 11.3 Å². The third-order valence-electron chi connectivity index (χ3n) is 3.71. The molecule has 1 saturated heterocycles. The van der Waals surface area contributed by atoms with Crippen molar-refractivity contribution in [2.75, 3.05) is 6.61 Å². The lowest BCUT2D eigenvalue weighted by molar-refractivity contribution is 0.102. The van der Waals surface area contributed by atoms with Gasteiger partial charge in [0.25, 0.3) is 0 Å². The molecule has 2 heterocycles. The molecule has 1 aliphatic rings. The number of fused-ring (bicyclic) bond motifs is 1. The highest BCUT2D eigenvalue weighted by Crippen LogP contribution is 2.25. The average Bonchev–Trinajstić information content (AvgIpc) is 2.87. The second kappa shape index (κ2) is 4.48. The Bertz CT molecular complexity index is 633. The lowest BCUT2D eigenvalue weighted by Gasteiger charge is -2.15. The van der Waals surface area contributed by atoms with Crippen LogP contribution in [0.5, 0.6) is 0 Å². The SMILES string of the molecule is CC1OCCC1Cn1c(=S)[nH]c2c(F)cccc21. The highest BCUT2D eigenvalue weighted by Gasteiger charge is 2.25. The normalized spacial score (nSPS) is 23.9. The molecule has 3 nitrogen and oxygen atoms in total. The molecule has 1 aliphatic heterocycles. The van der Waals surface area contributed by atoms with Gasteiger partial charge in [0.15, 0.2) is 4.77 Å². The quantitative estimate of drug-likeness (QED) is 0.846. The van der Waals surface area contributed by atoms with Crippen LogP contribution >= 0.6 is 12.2 Å². The first-order valence-electron chi connectivity index (χ1n) is 6.15. The van der Waals surface area contributed by atoms with Crippen molar-refractivity contribution in [1.82, 2.24) is 9.55 Å². The topological polar surface area (TPSA) is 29.9 Å². The standard InChI is InChI=1S/C13H15FN2OS/c1-8-9(5-6-17-8)7-16-11-4-2-3-10(14)12(11)15-13(16)18/h2-4,8-9H,5-7H2,1H3,(H,15,18). The third kappa shape index (κ3) is 1.87. The van der Waals surface area contributed by atoms with Crippen LogP contribution in [0.15, 0.2) is 18.2 Å². The Labute approximate surface area is 110 Å². The van der Waals surface area contributed by atoms with Crippen molar-refractivity contribution < 1.29 is 9.13 Å². The summed E-state index contributed by atoms with van der Waals surface area (Å²) in [6, 6.07) is 5.05. The number of ether oxygens (including phenoxy) is 1. The van der Waals surface area contributed by atoms with Crippen molar-refractivity contribution >= 4 is 23.3 Å². The molecule has 1 N–H and O–H groups in total. The Kier molecular flexibility index (Phi) is 2.95. The minimum Gasteiger partial charge on any atom is -0.378 e. The van der Waals surface area contributed by atoms with Gasteiger partial charge in [0.1, 0.15) is 11.3 Å². The molecule has 1 aromatic carbocycles. The summed E-state index contributed by atoms with van der Waals surface area (Å²) in [4.78, 5) is 2.95. The van der Waals surface area contributed by atoms with Gasteiger partial charge < -0.3 is 14.3 Å². The van der Waals surface area contributed by atoms with Crippen LogP contribution < -0.4 is 0 Å². The van der Waals surface area contributed by atoms with Gasteiger partial charge in [0.05, 0.1) is 11.6 Å². The zero-order chi connectivity index (χ0) is 12.7. The Morgan fingerprint density at radius 3 is 3.11 bits per heavy atom. The Morgan fingerprint density at radius 1 is 1.56 bits per heavy atom. The van der Waals surface area contributed by atoms with Crippen molar-refractivity contribution in [3.05, 3.63) is 28.8 Å². The van der Waals surface area contributed by atoms with Gasteiger partial charge in [-0.3, -0.25) is 0 Å². The summed E-state index contributed by atoms with van der Waals surface area (Å²) in [7, 11) is 0. The van der Waals surface area contributed by atoms with E-state index in [0.717, 1.165) is 25.1 Å². The van der Waals surface area contributed by atoms with Gasteiger partial charge in [-0.15, -0.1) is 0 Å². The fourth-order valence-electron chi connectivity index (χ4n) is 2.58. The smallest absolute Gasteiger partial charge is 0.178 e. The maximum atomic E-state index is 13.7. The van der Waals surface area contributed by atoms with E-state index in [2.05, 4.69) is 11.9 Å². The van der Waals surface area contributed by atoms with E-state index < -0.39 is 0 Å². The lowest BCUT2D eigenvalue weighted by Crippen LogP contribution is -2.17. The van der Waals surface area contributed by atoms with Gasteiger partial charge in [0, 0.05) is 19.1 Å². The van der Waals surface area contributed by atoms with Crippen LogP contribution in [-0.4, -0.2) is 22.3 Å². The minimum atomic E-state index is -0.256. The molecule has 0 amide bonds. The number of imidazole rings is 1. The maximum Gasteiger partial charge on any atom is 0.178 e. The Hall–Kier alpha value is -1.20. The van der Waals surface area contributed by atoms with E-state index in [4.69, 9.17) is 17.0 Å². The van der Waals surface area contributed by atoms with Crippen LogP contribution in [0.4, 0.5) is 4.39 Å². The summed E-state index contributed by atoms with van der Waals surface area (Å²) in [6.07, 6.45) is 1.27. The summed E-state index contributed by atoms with van der Waals surface area (Å²) in [5.74, 6) is 0.187. The summed E-state index contributed by atoms with van der Waals surface area (Å²) in [5, 5.41) is 0. The highest BCUT2D eigenvalue weighted by atomic mass is 32.1. The van der Waals surface area contributed by atoms with Gasteiger partial charge in [-0.1, -0.05) is 6.07 Å². The Morgan fingerprint density at radius 2 is 2.39 bits per heavy atom. The molecule has 1 aromatic heterocycles. The number of aromatic nitrogens is 2. The molecule has 0 saturated carbocycles. The van der Waals surface area contributed by atoms with Crippen molar-refractivity contribution in [2.45, 2.75) is 26.0 Å². The average molecular weight is 266 g/mol. The van der Waals surface area contributed by atoms with E-state index in [9.17, 15) is 4.39 Å². The van der Waals surface area contributed by atoms with Gasteiger partial charge in [-0.25, -0.2) is 4.39 Å². The number of nitrogens with zero attached hydrogens (tertiary/aromatic N) is 1. The number of aromatic amines is 1. The first kappa shape index (κ1) is 11.9. The number of benzene rings is 1. The lowest BCUT2D eigenvalue weighted by atomic mass is 10.0. The number of halogens is 1. The molecule has 5 heteroatoms. The first-order valence-corrected chi connectivity index (χ1v) is 6.56. The van der Waals surface area contributed by atoms with E-state index in [1.807, 2.05) is 10.6 Å². The summed E-state index contributed by atoms with van der Waals surface area (Å²) >= 11 is 5.29. The van der Waals surface area contributed by atoms with Crippen LogP contribution in [0, 0.1) is 16.5 Å². The fourth-order valence-corrected chi connectivity index (χ4v) is 2.85. The minimum absolute atomic E-state index is 0.241. The second-order valence-electron chi connectivity index (χ2n) is 4.80. The van der Waals surface area contributed by atoms with Gasteiger partial charge in [-0.2, -0.15) is 0 Å². The number of rotatable bonds is 2. The van der Waals surface area contributed by atoms with Gasteiger partial charge in [0.2, 0.25) is 0 Å². The fraction of sp³-hybridized carbons (Fsp3) is 0.462. The molecule has 2 unspecified atom stereocenters. The molecular weight excluding hydrogens is 251 g/mol. The highest BCUT2D eigenvalue weighted by molar-refractivity contribution is 7.71. The number of hydrogen-bond donors (Lipinski definition) is 1. The molecule has 1 fully saturated rings. The monoisotopic (exact) mass is 266 g/mol. The largest absolute Gasteiger partial charge is 0.378 e. The van der Waals surface area contributed by atoms with Gasteiger partial charge in [-0.05, 0) is 37.7 Å². The van der Waals surface area contributed by atoms with E-state index in [0.29, 0.717) is 16.2 Å². The molecule has 0 spiro atoms. The van der Waals surface area contributed by atoms with Crippen molar-refractivity contribution in [3.8, 4) is 0 Å². The van der Waals surface area contributed by atoms with E-state index in [1.165, 1.54) is 6.07 Å². The molecule has 0 bridgehead atoms. The number of nitrogens with one attached hydrogen (secondary N) is 1. The number of H-pyrrole nitrogens is 1. The summed E-state index contributed by atoms with van der Waals surface area (Å²) in [5.41, 5.74) is 1.33. The summed E-state index contributed by atoms with van der Waals surface area (Å²) < 4.78 is 21.8.